The van der Waals surface area contributed by atoms with E-state index in [-0.39, 0.29) is 5.69 Å². The number of fused-ring (bicyclic) bond motifs is 1. The first-order valence-electron chi connectivity index (χ1n) is 10.7. The average molecular weight is 425 g/mol. The molecule has 1 aliphatic heterocycles. The molecule has 1 saturated heterocycles. The Balaban J connectivity index is 1.40. The SMILES string of the molecule is Cc1ccccc1-n1cc(C2CCN(c3nc(=O)n(C)c4ccc(C#N)nc34)CC2)cn1. The smallest absolute Gasteiger partial charge is 0.349 e. The van der Waals surface area contributed by atoms with Gasteiger partial charge in [0.1, 0.15) is 17.3 Å². The summed E-state index contributed by atoms with van der Waals surface area (Å²) in [7, 11) is 1.67. The molecule has 0 spiro atoms. The summed E-state index contributed by atoms with van der Waals surface area (Å²) in [5.74, 6) is 0.957. The molecule has 32 heavy (non-hydrogen) atoms. The van der Waals surface area contributed by atoms with Crippen LogP contribution in [-0.2, 0) is 7.05 Å². The molecule has 3 aromatic heterocycles. The third-order valence-corrected chi connectivity index (χ3v) is 6.28. The van der Waals surface area contributed by atoms with E-state index in [0.29, 0.717) is 28.5 Å². The largest absolute Gasteiger partial charge is 0.355 e. The van der Waals surface area contributed by atoms with E-state index in [1.165, 1.54) is 15.7 Å². The van der Waals surface area contributed by atoms with Gasteiger partial charge < -0.3 is 4.90 Å². The average Bonchev–Trinajstić information content (AvgIpc) is 3.31. The lowest BCUT2D eigenvalue weighted by Crippen LogP contribution is -2.36. The number of piperidine rings is 1. The van der Waals surface area contributed by atoms with Gasteiger partial charge in [-0.1, -0.05) is 18.2 Å². The summed E-state index contributed by atoms with van der Waals surface area (Å²) >= 11 is 0. The van der Waals surface area contributed by atoms with Crippen molar-refractivity contribution in [2.75, 3.05) is 18.0 Å². The highest BCUT2D eigenvalue weighted by molar-refractivity contribution is 5.86. The van der Waals surface area contributed by atoms with Crippen molar-refractivity contribution in [2.45, 2.75) is 25.7 Å². The maximum atomic E-state index is 12.4. The van der Waals surface area contributed by atoms with Crippen molar-refractivity contribution >= 4 is 16.9 Å². The second kappa shape index (κ2) is 7.93. The van der Waals surface area contributed by atoms with Crippen LogP contribution in [0.5, 0.6) is 0 Å². The van der Waals surface area contributed by atoms with Crippen LogP contribution in [0.4, 0.5) is 5.82 Å². The van der Waals surface area contributed by atoms with E-state index in [1.807, 2.05) is 23.0 Å². The van der Waals surface area contributed by atoms with Gasteiger partial charge in [-0.3, -0.25) is 4.57 Å². The minimum atomic E-state index is -0.319. The monoisotopic (exact) mass is 425 g/mol. The molecule has 0 bridgehead atoms. The number of hydrogen-bond acceptors (Lipinski definition) is 6. The standard InChI is InChI=1S/C24H23N7O/c1-16-5-3-4-6-20(16)31-15-18(14-26-31)17-9-11-30(12-10-17)23-22-21(29(2)24(32)28-23)8-7-19(13-25)27-22/h3-8,14-15,17H,9-12H2,1-2H3. The number of hydrogen-bond donors (Lipinski definition) is 0. The van der Waals surface area contributed by atoms with Gasteiger partial charge in [0.05, 0.1) is 17.4 Å². The van der Waals surface area contributed by atoms with Gasteiger partial charge in [0, 0.05) is 26.3 Å². The molecule has 160 valence electrons. The zero-order valence-corrected chi connectivity index (χ0v) is 18.1. The molecule has 0 N–H and O–H groups in total. The Morgan fingerprint density at radius 2 is 1.88 bits per heavy atom. The fourth-order valence-electron chi connectivity index (χ4n) is 4.42. The number of benzene rings is 1. The molecular weight excluding hydrogens is 402 g/mol. The third kappa shape index (κ3) is 3.42. The van der Waals surface area contributed by atoms with Gasteiger partial charge in [-0.25, -0.2) is 14.5 Å². The van der Waals surface area contributed by atoms with Gasteiger partial charge in [-0.05, 0) is 55.0 Å². The number of anilines is 1. The van der Waals surface area contributed by atoms with Gasteiger partial charge in [0.25, 0.3) is 0 Å². The van der Waals surface area contributed by atoms with E-state index in [0.717, 1.165) is 31.6 Å². The second-order valence-electron chi connectivity index (χ2n) is 8.22. The van der Waals surface area contributed by atoms with Crippen LogP contribution < -0.4 is 10.6 Å². The molecule has 0 amide bonds. The predicted octanol–water partition coefficient (Wildman–Crippen LogP) is 3.08. The van der Waals surface area contributed by atoms with E-state index in [1.54, 1.807) is 19.2 Å². The van der Waals surface area contributed by atoms with Gasteiger partial charge in [-0.15, -0.1) is 0 Å². The van der Waals surface area contributed by atoms with Crippen molar-refractivity contribution < 1.29 is 0 Å². The van der Waals surface area contributed by atoms with Gasteiger partial charge in [0.2, 0.25) is 0 Å². The zero-order valence-electron chi connectivity index (χ0n) is 18.1. The van der Waals surface area contributed by atoms with Gasteiger partial charge in [0.15, 0.2) is 5.82 Å². The first kappa shape index (κ1) is 19.9. The molecule has 0 aliphatic carbocycles. The van der Waals surface area contributed by atoms with Crippen molar-refractivity contribution in [3.8, 4) is 11.8 Å². The third-order valence-electron chi connectivity index (χ3n) is 6.28. The summed E-state index contributed by atoms with van der Waals surface area (Å²) in [6.07, 6.45) is 5.93. The van der Waals surface area contributed by atoms with E-state index in [9.17, 15) is 10.1 Å². The number of aromatic nitrogens is 5. The number of aryl methyl sites for hydroxylation is 2. The summed E-state index contributed by atoms with van der Waals surface area (Å²) in [6.45, 7) is 3.60. The lowest BCUT2D eigenvalue weighted by molar-refractivity contribution is 0.502. The molecular formula is C24H23N7O. The quantitative estimate of drug-likeness (QED) is 0.501. The highest BCUT2D eigenvalue weighted by atomic mass is 16.1. The minimum absolute atomic E-state index is 0.317. The van der Waals surface area contributed by atoms with Crippen LogP contribution in [0.15, 0.2) is 53.6 Å². The van der Waals surface area contributed by atoms with E-state index < -0.39 is 0 Å². The number of para-hydroxylation sites is 1. The molecule has 0 saturated carbocycles. The Bertz CT molecular complexity index is 1400. The molecule has 4 heterocycles. The Hall–Kier alpha value is -3.99. The molecule has 1 aromatic carbocycles. The van der Waals surface area contributed by atoms with E-state index >= 15 is 0 Å². The fourth-order valence-corrected chi connectivity index (χ4v) is 4.42. The van der Waals surface area contributed by atoms with Gasteiger partial charge in [-0.2, -0.15) is 15.3 Å². The summed E-state index contributed by atoms with van der Waals surface area (Å²) in [5.41, 5.74) is 4.77. The molecule has 1 fully saturated rings. The van der Waals surface area contributed by atoms with Crippen LogP contribution in [0, 0.1) is 18.3 Å². The van der Waals surface area contributed by atoms with Crippen molar-refractivity contribution in [1.82, 2.24) is 24.3 Å². The van der Waals surface area contributed by atoms with Gasteiger partial charge >= 0.3 is 5.69 Å². The molecule has 1 aliphatic rings. The number of nitriles is 1. The summed E-state index contributed by atoms with van der Waals surface area (Å²) < 4.78 is 3.42. The first-order valence-corrected chi connectivity index (χ1v) is 10.7. The van der Waals surface area contributed by atoms with Crippen molar-refractivity contribution in [3.63, 3.8) is 0 Å². The number of pyridine rings is 1. The van der Waals surface area contributed by atoms with Crippen LogP contribution in [-0.4, -0.2) is 37.4 Å². The summed E-state index contributed by atoms with van der Waals surface area (Å²) in [6, 6.07) is 13.7. The maximum absolute atomic E-state index is 12.4. The topological polar surface area (TPSA) is 92.6 Å². The molecule has 8 heteroatoms. The lowest BCUT2D eigenvalue weighted by Gasteiger charge is -2.32. The second-order valence-corrected chi connectivity index (χ2v) is 8.22. The van der Waals surface area contributed by atoms with E-state index in [4.69, 9.17) is 0 Å². The van der Waals surface area contributed by atoms with Crippen LogP contribution in [0.25, 0.3) is 16.7 Å². The Labute approximate surface area is 185 Å². The Morgan fingerprint density at radius 1 is 1.09 bits per heavy atom. The fraction of sp³-hybridized carbons (Fsp3) is 0.292. The normalized spacial score (nSPS) is 14.6. The van der Waals surface area contributed by atoms with E-state index in [2.05, 4.69) is 51.3 Å². The molecule has 0 radical (unpaired) electrons. The number of rotatable bonds is 3. The summed E-state index contributed by atoms with van der Waals surface area (Å²) in [4.78, 5) is 23.3. The van der Waals surface area contributed by atoms with Crippen molar-refractivity contribution in [1.29, 1.82) is 5.26 Å². The van der Waals surface area contributed by atoms with Crippen molar-refractivity contribution in [2.24, 2.45) is 7.05 Å². The van der Waals surface area contributed by atoms with Crippen LogP contribution in [0.3, 0.4) is 0 Å². The maximum Gasteiger partial charge on any atom is 0.349 e. The Kier molecular flexibility index (Phi) is 4.94. The highest BCUT2D eigenvalue weighted by Gasteiger charge is 2.25. The molecule has 8 nitrogen and oxygen atoms in total. The molecule has 0 unspecified atom stereocenters. The molecule has 5 rings (SSSR count). The van der Waals surface area contributed by atoms with Crippen LogP contribution >= 0.6 is 0 Å². The Morgan fingerprint density at radius 3 is 2.62 bits per heavy atom. The minimum Gasteiger partial charge on any atom is -0.355 e. The zero-order chi connectivity index (χ0) is 22.2. The molecule has 0 atom stereocenters. The molecule has 4 aromatic rings. The first-order chi connectivity index (χ1) is 15.5. The lowest BCUT2D eigenvalue weighted by atomic mass is 9.91. The highest BCUT2D eigenvalue weighted by Crippen LogP contribution is 2.32. The van der Waals surface area contributed by atoms with Crippen LogP contribution in [0.2, 0.25) is 0 Å². The van der Waals surface area contributed by atoms with Crippen molar-refractivity contribution in [3.05, 3.63) is 76.1 Å². The number of nitrogens with zero attached hydrogens (tertiary/aromatic N) is 7. The predicted molar refractivity (Wildman–Crippen MR) is 122 cm³/mol. The van der Waals surface area contributed by atoms with Crippen LogP contribution in [0.1, 0.15) is 35.6 Å². The summed E-state index contributed by atoms with van der Waals surface area (Å²) in [5, 5.41) is 13.8.